The molecule has 1 atom stereocenters. The van der Waals surface area contributed by atoms with E-state index in [0.29, 0.717) is 18.2 Å². The molecule has 0 saturated heterocycles. The zero-order chi connectivity index (χ0) is 9.97. The lowest BCUT2D eigenvalue weighted by Crippen LogP contribution is -2.11. The van der Waals surface area contributed by atoms with E-state index in [-0.39, 0.29) is 0 Å². The zero-order valence-electron chi connectivity index (χ0n) is 7.62. The SMILES string of the molecule is CCn1ncnc1C(O)c1ncn[nH]1. The lowest BCUT2D eigenvalue weighted by atomic mass is 10.3. The quantitative estimate of drug-likeness (QED) is 0.687. The van der Waals surface area contributed by atoms with Gasteiger partial charge in [-0.2, -0.15) is 10.2 Å². The Kier molecular flexibility index (Phi) is 2.23. The van der Waals surface area contributed by atoms with Gasteiger partial charge in [0.15, 0.2) is 17.8 Å². The van der Waals surface area contributed by atoms with Crippen LogP contribution in [0.5, 0.6) is 0 Å². The van der Waals surface area contributed by atoms with Crippen LogP contribution < -0.4 is 0 Å². The molecule has 14 heavy (non-hydrogen) atoms. The Morgan fingerprint density at radius 3 is 3.00 bits per heavy atom. The number of nitrogens with zero attached hydrogens (tertiary/aromatic N) is 5. The van der Waals surface area contributed by atoms with Crippen LogP contribution in [-0.2, 0) is 6.54 Å². The summed E-state index contributed by atoms with van der Waals surface area (Å²) < 4.78 is 1.60. The van der Waals surface area contributed by atoms with Gasteiger partial charge in [-0.25, -0.2) is 14.6 Å². The van der Waals surface area contributed by atoms with Gasteiger partial charge in [-0.3, -0.25) is 5.10 Å². The van der Waals surface area contributed by atoms with E-state index in [1.807, 2.05) is 6.92 Å². The van der Waals surface area contributed by atoms with Crippen LogP contribution in [0, 0.1) is 0 Å². The topological polar surface area (TPSA) is 92.5 Å². The van der Waals surface area contributed by atoms with Crippen molar-refractivity contribution in [3.05, 3.63) is 24.3 Å². The van der Waals surface area contributed by atoms with Gasteiger partial charge in [0.05, 0.1) is 0 Å². The fourth-order valence-corrected chi connectivity index (χ4v) is 1.20. The highest BCUT2D eigenvalue weighted by Gasteiger charge is 2.18. The summed E-state index contributed by atoms with van der Waals surface area (Å²) in [5.74, 6) is 0.831. The smallest absolute Gasteiger partial charge is 0.172 e. The second-order valence-electron chi connectivity index (χ2n) is 2.71. The normalized spacial score (nSPS) is 13.0. The average Bonchev–Trinajstić information content (AvgIpc) is 2.87. The predicted molar refractivity (Wildman–Crippen MR) is 46.1 cm³/mol. The number of hydrogen-bond acceptors (Lipinski definition) is 5. The van der Waals surface area contributed by atoms with Crippen molar-refractivity contribution < 1.29 is 5.11 Å². The van der Waals surface area contributed by atoms with Crippen LogP contribution in [0.2, 0.25) is 0 Å². The molecule has 0 radical (unpaired) electrons. The first-order valence-electron chi connectivity index (χ1n) is 4.24. The largest absolute Gasteiger partial charge is 0.377 e. The minimum absolute atomic E-state index is 0.368. The zero-order valence-corrected chi connectivity index (χ0v) is 7.62. The Morgan fingerprint density at radius 1 is 1.50 bits per heavy atom. The Bertz CT molecular complexity index is 394. The van der Waals surface area contributed by atoms with Crippen molar-refractivity contribution >= 4 is 0 Å². The van der Waals surface area contributed by atoms with E-state index in [9.17, 15) is 5.11 Å². The number of aromatic amines is 1. The highest BCUT2D eigenvalue weighted by Crippen LogP contribution is 2.14. The summed E-state index contributed by atoms with van der Waals surface area (Å²) in [6.45, 7) is 2.58. The van der Waals surface area contributed by atoms with E-state index in [2.05, 4.69) is 25.3 Å². The summed E-state index contributed by atoms with van der Waals surface area (Å²) in [5.41, 5.74) is 0. The van der Waals surface area contributed by atoms with Gasteiger partial charge >= 0.3 is 0 Å². The molecule has 2 N–H and O–H groups in total. The van der Waals surface area contributed by atoms with Crippen LogP contribution >= 0.6 is 0 Å². The second-order valence-corrected chi connectivity index (χ2v) is 2.71. The van der Waals surface area contributed by atoms with Crippen LogP contribution in [0.3, 0.4) is 0 Å². The van der Waals surface area contributed by atoms with E-state index in [1.165, 1.54) is 12.7 Å². The fourth-order valence-electron chi connectivity index (χ4n) is 1.20. The molecule has 0 fully saturated rings. The monoisotopic (exact) mass is 194 g/mol. The molecule has 2 heterocycles. The number of aryl methyl sites for hydroxylation is 1. The van der Waals surface area contributed by atoms with Crippen LogP contribution in [0.25, 0.3) is 0 Å². The molecule has 7 nitrogen and oxygen atoms in total. The van der Waals surface area contributed by atoms with Crippen molar-refractivity contribution in [3.63, 3.8) is 0 Å². The number of H-pyrrole nitrogens is 1. The summed E-state index contributed by atoms with van der Waals surface area (Å²) in [7, 11) is 0. The predicted octanol–water partition coefficient (Wildman–Crippen LogP) is -0.502. The summed E-state index contributed by atoms with van der Waals surface area (Å²) in [4.78, 5) is 7.81. The number of nitrogens with one attached hydrogen (secondary N) is 1. The minimum Gasteiger partial charge on any atom is -0.377 e. The third-order valence-electron chi connectivity index (χ3n) is 1.88. The molecule has 2 rings (SSSR count). The van der Waals surface area contributed by atoms with Gasteiger partial charge in [0.2, 0.25) is 0 Å². The van der Waals surface area contributed by atoms with Gasteiger partial charge in [-0.1, -0.05) is 0 Å². The van der Waals surface area contributed by atoms with Gasteiger partial charge in [0.25, 0.3) is 0 Å². The molecule has 2 aromatic heterocycles. The van der Waals surface area contributed by atoms with E-state index in [4.69, 9.17) is 0 Å². The third kappa shape index (κ3) is 1.37. The van der Waals surface area contributed by atoms with Crippen molar-refractivity contribution in [1.82, 2.24) is 29.9 Å². The van der Waals surface area contributed by atoms with Gasteiger partial charge in [-0.15, -0.1) is 0 Å². The molecule has 74 valence electrons. The number of rotatable bonds is 3. The van der Waals surface area contributed by atoms with E-state index in [0.717, 1.165) is 0 Å². The molecule has 7 heteroatoms. The maximum Gasteiger partial charge on any atom is 0.172 e. The highest BCUT2D eigenvalue weighted by atomic mass is 16.3. The fraction of sp³-hybridized carbons (Fsp3) is 0.429. The van der Waals surface area contributed by atoms with Gasteiger partial charge in [-0.05, 0) is 6.92 Å². The summed E-state index contributed by atoms with van der Waals surface area (Å²) in [5, 5.41) is 20.0. The molecule has 0 aliphatic rings. The van der Waals surface area contributed by atoms with Crippen molar-refractivity contribution in [2.45, 2.75) is 19.6 Å². The minimum atomic E-state index is -0.903. The van der Waals surface area contributed by atoms with Crippen LogP contribution in [0.1, 0.15) is 24.7 Å². The number of aliphatic hydroxyl groups excluding tert-OH is 1. The summed E-state index contributed by atoms with van der Waals surface area (Å²) >= 11 is 0. The van der Waals surface area contributed by atoms with Crippen molar-refractivity contribution in [2.24, 2.45) is 0 Å². The van der Waals surface area contributed by atoms with Crippen molar-refractivity contribution in [2.75, 3.05) is 0 Å². The number of aliphatic hydroxyl groups is 1. The number of hydrogen-bond donors (Lipinski definition) is 2. The second kappa shape index (κ2) is 3.54. The Morgan fingerprint density at radius 2 is 2.36 bits per heavy atom. The third-order valence-corrected chi connectivity index (χ3v) is 1.88. The Labute approximate surface area is 79.8 Å². The number of aromatic nitrogens is 6. The molecule has 0 saturated carbocycles. The lowest BCUT2D eigenvalue weighted by molar-refractivity contribution is 0.193. The van der Waals surface area contributed by atoms with Crippen molar-refractivity contribution in [3.8, 4) is 0 Å². The maximum atomic E-state index is 9.82. The Balaban J connectivity index is 2.31. The molecule has 0 bridgehead atoms. The van der Waals surface area contributed by atoms with E-state index >= 15 is 0 Å². The summed E-state index contributed by atoms with van der Waals surface area (Å²) in [6, 6.07) is 0. The maximum absolute atomic E-state index is 9.82. The van der Waals surface area contributed by atoms with Crippen LogP contribution in [0.15, 0.2) is 12.7 Å². The van der Waals surface area contributed by atoms with E-state index in [1.54, 1.807) is 4.68 Å². The van der Waals surface area contributed by atoms with E-state index < -0.39 is 6.10 Å². The van der Waals surface area contributed by atoms with Gasteiger partial charge in [0.1, 0.15) is 12.7 Å². The first kappa shape index (κ1) is 8.82. The van der Waals surface area contributed by atoms with Crippen LogP contribution in [-0.4, -0.2) is 35.1 Å². The first-order chi connectivity index (χ1) is 6.83. The molecular formula is C7H10N6O. The molecule has 0 amide bonds. The van der Waals surface area contributed by atoms with Crippen molar-refractivity contribution in [1.29, 1.82) is 0 Å². The molecular weight excluding hydrogens is 184 g/mol. The Hall–Kier alpha value is -1.76. The molecule has 0 aliphatic carbocycles. The molecule has 1 unspecified atom stereocenters. The summed E-state index contributed by atoms with van der Waals surface area (Å²) in [6.07, 6.45) is 1.84. The molecule has 2 aromatic rings. The molecule has 0 aromatic carbocycles. The van der Waals surface area contributed by atoms with Gasteiger partial charge in [0, 0.05) is 6.54 Å². The van der Waals surface area contributed by atoms with Crippen LogP contribution in [0.4, 0.5) is 0 Å². The van der Waals surface area contributed by atoms with Gasteiger partial charge < -0.3 is 5.11 Å². The highest BCUT2D eigenvalue weighted by molar-refractivity contribution is 5.03. The lowest BCUT2D eigenvalue weighted by Gasteiger charge is -2.06. The molecule has 0 spiro atoms. The molecule has 0 aliphatic heterocycles. The standard InChI is InChI=1S/C7H10N6O/c1-2-13-7(9-4-11-13)5(14)6-8-3-10-12-6/h3-5,14H,2H2,1H3,(H,8,10,12). The average molecular weight is 194 g/mol. The first-order valence-corrected chi connectivity index (χ1v) is 4.24.